The second-order valence-electron chi connectivity index (χ2n) is 6.12. The van der Waals surface area contributed by atoms with Crippen LogP contribution in [0.4, 0.5) is 0 Å². The van der Waals surface area contributed by atoms with Crippen molar-refractivity contribution in [1.29, 1.82) is 0 Å². The minimum Gasteiger partial charge on any atom is -0.507 e. The molecule has 1 fully saturated rings. The first-order valence-electron chi connectivity index (χ1n) is 8.54. The van der Waals surface area contributed by atoms with Gasteiger partial charge in [0.05, 0.1) is 11.6 Å². The lowest BCUT2D eigenvalue weighted by atomic mass is 9.95. The van der Waals surface area contributed by atoms with Gasteiger partial charge in [-0.3, -0.25) is 9.59 Å². The Balaban J connectivity index is 2.14. The fourth-order valence-corrected chi connectivity index (χ4v) is 3.17. The van der Waals surface area contributed by atoms with Crippen molar-refractivity contribution in [2.45, 2.75) is 25.8 Å². The van der Waals surface area contributed by atoms with Crippen LogP contribution in [0.15, 0.2) is 66.2 Å². The average Bonchev–Trinajstić information content (AvgIpc) is 2.91. The number of ketones is 1. The summed E-state index contributed by atoms with van der Waals surface area (Å²) in [5, 5.41) is 10.8. The zero-order chi connectivity index (χ0) is 17.8. The molecule has 1 heterocycles. The largest absolute Gasteiger partial charge is 0.507 e. The number of hydrogen-bond acceptors (Lipinski definition) is 3. The summed E-state index contributed by atoms with van der Waals surface area (Å²) in [7, 11) is 0. The highest BCUT2D eigenvalue weighted by molar-refractivity contribution is 6.46. The Bertz CT molecular complexity index is 796. The molecular weight excluding hydrogens is 314 g/mol. The van der Waals surface area contributed by atoms with Gasteiger partial charge in [0, 0.05) is 12.1 Å². The number of Topliss-reactive ketones (excluding diaryl/α,β-unsaturated/α-hetero) is 1. The third kappa shape index (κ3) is 3.20. The Kier molecular flexibility index (Phi) is 4.98. The number of aliphatic hydroxyl groups excluding tert-OH is 1. The maximum Gasteiger partial charge on any atom is 0.295 e. The summed E-state index contributed by atoms with van der Waals surface area (Å²) in [4.78, 5) is 26.8. The normalized spacial score (nSPS) is 19.4. The van der Waals surface area contributed by atoms with Gasteiger partial charge in [-0.15, -0.1) is 0 Å². The highest BCUT2D eigenvalue weighted by Crippen LogP contribution is 2.39. The fourth-order valence-electron chi connectivity index (χ4n) is 3.17. The number of nitrogens with zero attached hydrogens (tertiary/aromatic N) is 1. The van der Waals surface area contributed by atoms with Crippen molar-refractivity contribution < 1.29 is 14.7 Å². The van der Waals surface area contributed by atoms with Crippen molar-refractivity contribution in [3.05, 3.63) is 77.4 Å². The van der Waals surface area contributed by atoms with E-state index in [0.29, 0.717) is 12.1 Å². The van der Waals surface area contributed by atoms with Gasteiger partial charge in [0.25, 0.3) is 11.7 Å². The van der Waals surface area contributed by atoms with Crippen LogP contribution in [0.25, 0.3) is 5.76 Å². The smallest absolute Gasteiger partial charge is 0.295 e. The summed E-state index contributed by atoms with van der Waals surface area (Å²) < 4.78 is 0. The van der Waals surface area contributed by atoms with E-state index in [0.717, 1.165) is 18.4 Å². The maximum atomic E-state index is 12.7. The molecule has 2 aromatic rings. The standard InChI is InChI=1S/C21H21NO3/c1-2-3-14-22-18(15-10-6-4-7-11-15)17(20(24)21(22)25)19(23)16-12-8-5-9-13-16/h4-13,18,23H,2-3,14H2,1H3/t18-/m0/s1. The fraction of sp³-hybridized carbons (Fsp3) is 0.238. The van der Waals surface area contributed by atoms with Crippen LogP contribution in [0.3, 0.4) is 0 Å². The Morgan fingerprint density at radius 2 is 1.60 bits per heavy atom. The number of unbranched alkanes of at least 4 members (excludes halogenated alkanes) is 1. The molecule has 4 heteroatoms. The molecule has 1 amide bonds. The Labute approximate surface area is 147 Å². The van der Waals surface area contributed by atoms with Crippen molar-refractivity contribution >= 4 is 17.4 Å². The van der Waals surface area contributed by atoms with Crippen LogP contribution in [0.5, 0.6) is 0 Å². The number of amides is 1. The molecule has 1 saturated heterocycles. The van der Waals surface area contributed by atoms with E-state index in [1.54, 1.807) is 29.2 Å². The molecular formula is C21H21NO3. The second kappa shape index (κ2) is 7.34. The monoisotopic (exact) mass is 335 g/mol. The van der Waals surface area contributed by atoms with Crippen LogP contribution in [-0.4, -0.2) is 28.2 Å². The predicted molar refractivity (Wildman–Crippen MR) is 96.8 cm³/mol. The van der Waals surface area contributed by atoms with E-state index >= 15 is 0 Å². The van der Waals surface area contributed by atoms with Gasteiger partial charge in [-0.1, -0.05) is 74.0 Å². The Morgan fingerprint density at radius 1 is 1.00 bits per heavy atom. The topological polar surface area (TPSA) is 57.6 Å². The summed E-state index contributed by atoms with van der Waals surface area (Å²) in [5.74, 6) is -1.28. The van der Waals surface area contributed by atoms with Crippen LogP contribution in [0, 0.1) is 0 Å². The molecule has 0 aliphatic carbocycles. The number of likely N-dealkylation sites (tertiary alicyclic amines) is 1. The van der Waals surface area contributed by atoms with Crippen LogP contribution in [0.1, 0.15) is 36.9 Å². The van der Waals surface area contributed by atoms with E-state index in [1.165, 1.54) is 0 Å². The van der Waals surface area contributed by atoms with Crippen LogP contribution >= 0.6 is 0 Å². The molecule has 1 N–H and O–H groups in total. The minimum absolute atomic E-state index is 0.119. The zero-order valence-electron chi connectivity index (χ0n) is 14.2. The molecule has 0 radical (unpaired) electrons. The molecule has 1 aliphatic heterocycles. The number of carbonyl (C=O) groups excluding carboxylic acids is 2. The minimum atomic E-state index is -0.619. The molecule has 0 saturated carbocycles. The van der Waals surface area contributed by atoms with Crippen LogP contribution in [0.2, 0.25) is 0 Å². The number of hydrogen-bond donors (Lipinski definition) is 1. The van der Waals surface area contributed by atoms with E-state index in [4.69, 9.17) is 0 Å². The van der Waals surface area contributed by atoms with Crippen LogP contribution < -0.4 is 0 Å². The van der Waals surface area contributed by atoms with Gasteiger partial charge in [0.2, 0.25) is 0 Å². The summed E-state index contributed by atoms with van der Waals surface area (Å²) in [5.41, 5.74) is 1.53. The van der Waals surface area contributed by atoms with E-state index in [-0.39, 0.29) is 11.3 Å². The van der Waals surface area contributed by atoms with Crippen molar-refractivity contribution in [1.82, 2.24) is 4.90 Å². The van der Waals surface area contributed by atoms with Gasteiger partial charge >= 0.3 is 0 Å². The first kappa shape index (κ1) is 17.0. The molecule has 128 valence electrons. The number of carbonyl (C=O) groups is 2. The zero-order valence-corrected chi connectivity index (χ0v) is 14.2. The lowest BCUT2D eigenvalue weighted by Crippen LogP contribution is -2.30. The van der Waals surface area contributed by atoms with Crippen molar-refractivity contribution in [2.75, 3.05) is 6.54 Å². The first-order chi connectivity index (χ1) is 12.1. The molecule has 1 atom stereocenters. The molecule has 0 unspecified atom stereocenters. The quantitative estimate of drug-likeness (QED) is 0.512. The molecule has 4 nitrogen and oxygen atoms in total. The summed E-state index contributed by atoms with van der Waals surface area (Å²) in [6.07, 6.45) is 1.73. The highest BCUT2D eigenvalue weighted by atomic mass is 16.3. The molecule has 0 aromatic heterocycles. The second-order valence-corrected chi connectivity index (χ2v) is 6.12. The lowest BCUT2D eigenvalue weighted by Gasteiger charge is -2.25. The van der Waals surface area contributed by atoms with Gasteiger partial charge in [-0.25, -0.2) is 0 Å². The van der Waals surface area contributed by atoms with Crippen molar-refractivity contribution in [3.8, 4) is 0 Å². The Morgan fingerprint density at radius 3 is 2.20 bits per heavy atom. The van der Waals surface area contributed by atoms with Gasteiger partial charge in [0.1, 0.15) is 5.76 Å². The van der Waals surface area contributed by atoms with Gasteiger partial charge in [0.15, 0.2) is 0 Å². The SMILES string of the molecule is CCCCN1C(=O)C(=O)C(=C(O)c2ccccc2)[C@@H]1c1ccccc1. The van der Waals surface area contributed by atoms with Crippen molar-refractivity contribution in [3.63, 3.8) is 0 Å². The Hall–Kier alpha value is -2.88. The molecule has 0 spiro atoms. The predicted octanol–water partition coefficient (Wildman–Crippen LogP) is 3.91. The maximum absolute atomic E-state index is 12.7. The summed E-state index contributed by atoms with van der Waals surface area (Å²) >= 11 is 0. The van der Waals surface area contributed by atoms with Gasteiger partial charge in [-0.05, 0) is 12.0 Å². The van der Waals surface area contributed by atoms with E-state index in [9.17, 15) is 14.7 Å². The van der Waals surface area contributed by atoms with Gasteiger partial charge in [-0.2, -0.15) is 0 Å². The molecule has 25 heavy (non-hydrogen) atoms. The van der Waals surface area contributed by atoms with E-state index < -0.39 is 17.7 Å². The third-order valence-corrected chi connectivity index (χ3v) is 4.46. The highest BCUT2D eigenvalue weighted by Gasteiger charge is 2.45. The van der Waals surface area contributed by atoms with Crippen molar-refractivity contribution in [2.24, 2.45) is 0 Å². The number of rotatable bonds is 5. The summed E-state index contributed by atoms with van der Waals surface area (Å²) in [6, 6.07) is 17.7. The number of benzene rings is 2. The molecule has 2 aromatic carbocycles. The van der Waals surface area contributed by atoms with E-state index in [2.05, 4.69) is 0 Å². The van der Waals surface area contributed by atoms with Gasteiger partial charge < -0.3 is 10.0 Å². The number of aliphatic hydroxyl groups is 1. The average molecular weight is 335 g/mol. The summed E-state index contributed by atoms with van der Waals surface area (Å²) in [6.45, 7) is 2.53. The molecule has 1 aliphatic rings. The van der Waals surface area contributed by atoms with E-state index in [1.807, 2.05) is 43.3 Å². The van der Waals surface area contributed by atoms with Crippen LogP contribution in [-0.2, 0) is 9.59 Å². The third-order valence-electron chi connectivity index (χ3n) is 4.46. The molecule has 0 bridgehead atoms. The molecule has 3 rings (SSSR count). The first-order valence-corrected chi connectivity index (χ1v) is 8.54. The lowest BCUT2D eigenvalue weighted by molar-refractivity contribution is -0.139.